The molecular formula is C33H39N3O7. The van der Waals surface area contributed by atoms with E-state index in [1.165, 1.54) is 32.2 Å². The number of aryl methyl sites for hydroxylation is 1. The fourth-order valence-corrected chi connectivity index (χ4v) is 5.50. The summed E-state index contributed by atoms with van der Waals surface area (Å²) in [6, 6.07) is 12.0. The monoisotopic (exact) mass is 589 g/mol. The van der Waals surface area contributed by atoms with Crippen molar-refractivity contribution in [3.63, 3.8) is 0 Å². The van der Waals surface area contributed by atoms with Crippen LogP contribution in [0.3, 0.4) is 0 Å². The highest BCUT2D eigenvalue weighted by molar-refractivity contribution is 5.97. The van der Waals surface area contributed by atoms with Crippen molar-refractivity contribution < 1.29 is 28.9 Å². The molecule has 0 radical (unpaired) electrons. The van der Waals surface area contributed by atoms with Crippen LogP contribution in [0.1, 0.15) is 50.8 Å². The van der Waals surface area contributed by atoms with E-state index < -0.39 is 12.1 Å². The van der Waals surface area contributed by atoms with E-state index in [2.05, 4.69) is 16.0 Å². The molecule has 3 atom stereocenters. The molecule has 0 saturated heterocycles. The van der Waals surface area contributed by atoms with E-state index in [-0.39, 0.29) is 34.6 Å². The van der Waals surface area contributed by atoms with Gasteiger partial charge in [-0.25, -0.2) is 0 Å². The highest BCUT2D eigenvalue weighted by Gasteiger charge is 2.30. The van der Waals surface area contributed by atoms with Crippen molar-refractivity contribution in [3.8, 4) is 34.1 Å². The van der Waals surface area contributed by atoms with Crippen LogP contribution < -0.4 is 35.6 Å². The number of amides is 2. The number of phenolic OH excluding ortho intramolecular Hbond substituents is 1. The number of carbonyl (C=O) groups is 2. The Hall–Kier alpha value is -4.73. The van der Waals surface area contributed by atoms with Gasteiger partial charge in [-0.15, -0.1) is 0 Å². The summed E-state index contributed by atoms with van der Waals surface area (Å²) in [7, 11) is 4.63. The predicted molar refractivity (Wildman–Crippen MR) is 166 cm³/mol. The maximum atomic E-state index is 13.8. The number of anilines is 2. The number of phenols is 1. The topological polar surface area (TPSA) is 135 Å². The lowest BCUT2D eigenvalue weighted by Crippen LogP contribution is -2.40. The van der Waals surface area contributed by atoms with E-state index in [1.54, 1.807) is 32.4 Å². The number of ether oxygens (including phenoxy) is 3. The van der Waals surface area contributed by atoms with Crippen LogP contribution in [0.25, 0.3) is 11.1 Å². The van der Waals surface area contributed by atoms with Crippen LogP contribution in [-0.2, 0) is 16.0 Å². The SMILES string of the molecule is CC[C@@H](C)[C@H](Nc1ccc2c(cc1=O)[C@@H](NC(C)=O)CCc1cc(OC)c(OC)c(OC)c1-2)C(=O)Nc1cccc(O)c1. The molecule has 0 spiro atoms. The highest BCUT2D eigenvalue weighted by Crippen LogP contribution is 2.50. The summed E-state index contributed by atoms with van der Waals surface area (Å²) in [6.07, 6.45) is 1.79. The lowest BCUT2D eigenvalue weighted by atomic mass is 9.95. The molecular weight excluding hydrogens is 550 g/mol. The van der Waals surface area contributed by atoms with Gasteiger partial charge in [0, 0.05) is 24.2 Å². The van der Waals surface area contributed by atoms with Gasteiger partial charge in [0.2, 0.25) is 23.0 Å². The molecule has 2 amide bonds. The molecule has 1 aliphatic rings. The van der Waals surface area contributed by atoms with Gasteiger partial charge in [0.25, 0.3) is 0 Å². The Kier molecular flexibility index (Phi) is 9.80. The first-order valence-electron chi connectivity index (χ1n) is 14.3. The smallest absolute Gasteiger partial charge is 0.247 e. The van der Waals surface area contributed by atoms with Crippen LogP contribution in [0.15, 0.2) is 53.3 Å². The average Bonchev–Trinajstić information content (AvgIpc) is 3.22. The second kappa shape index (κ2) is 13.5. The quantitative estimate of drug-likeness (QED) is 0.259. The molecule has 0 unspecified atom stereocenters. The fraction of sp³-hybridized carbons (Fsp3) is 0.364. The first-order chi connectivity index (χ1) is 20.6. The number of hydrogen-bond acceptors (Lipinski definition) is 8. The van der Waals surface area contributed by atoms with Gasteiger partial charge in [0.15, 0.2) is 11.5 Å². The third kappa shape index (κ3) is 6.69. The summed E-state index contributed by atoms with van der Waals surface area (Å²) >= 11 is 0. The Balaban J connectivity index is 1.86. The molecule has 4 N–H and O–H groups in total. The standard InChI is InChI=1S/C33H39N3O7/c1-7-18(2)30(33(40)35-21-9-8-10-22(38)16-21)36-26-14-12-23-24(17-27(26)39)25(34-19(3)37)13-11-20-15-28(41-4)31(42-5)32(43-6)29(20)23/h8-10,12,14-18,25,30,38H,7,11,13H2,1-6H3,(H,34,37)(H,35,40)(H,36,39)/t18-,25+,30+/m1/s1. The van der Waals surface area contributed by atoms with E-state index in [0.29, 0.717) is 53.3 Å². The molecule has 0 fully saturated rings. The zero-order chi connectivity index (χ0) is 31.3. The molecule has 43 heavy (non-hydrogen) atoms. The molecule has 10 heteroatoms. The van der Waals surface area contributed by atoms with Gasteiger partial charge in [-0.05, 0) is 65.8 Å². The van der Waals surface area contributed by atoms with E-state index in [9.17, 15) is 19.5 Å². The molecule has 0 saturated carbocycles. The zero-order valence-corrected chi connectivity index (χ0v) is 25.4. The van der Waals surface area contributed by atoms with Crippen molar-refractivity contribution in [1.29, 1.82) is 0 Å². The number of aromatic hydroxyl groups is 1. The molecule has 0 bridgehead atoms. The maximum absolute atomic E-state index is 13.8. The minimum Gasteiger partial charge on any atom is -0.508 e. The van der Waals surface area contributed by atoms with E-state index in [1.807, 2.05) is 26.0 Å². The van der Waals surface area contributed by atoms with Crippen LogP contribution in [0.2, 0.25) is 0 Å². The van der Waals surface area contributed by atoms with Gasteiger partial charge >= 0.3 is 0 Å². The molecule has 10 nitrogen and oxygen atoms in total. The molecule has 3 aromatic carbocycles. The summed E-state index contributed by atoms with van der Waals surface area (Å²) in [4.78, 5) is 39.4. The zero-order valence-electron chi connectivity index (χ0n) is 25.4. The number of rotatable bonds is 10. The van der Waals surface area contributed by atoms with E-state index >= 15 is 0 Å². The first-order valence-corrected chi connectivity index (χ1v) is 14.3. The summed E-state index contributed by atoms with van der Waals surface area (Å²) in [5, 5.41) is 18.9. The van der Waals surface area contributed by atoms with Crippen LogP contribution >= 0.6 is 0 Å². The second-order valence-electron chi connectivity index (χ2n) is 10.6. The Morgan fingerprint density at radius 3 is 2.40 bits per heavy atom. The maximum Gasteiger partial charge on any atom is 0.247 e. The largest absolute Gasteiger partial charge is 0.508 e. The fourth-order valence-electron chi connectivity index (χ4n) is 5.50. The van der Waals surface area contributed by atoms with Gasteiger partial charge in [-0.1, -0.05) is 32.4 Å². The second-order valence-corrected chi connectivity index (χ2v) is 10.6. The molecule has 228 valence electrons. The van der Waals surface area contributed by atoms with Gasteiger partial charge in [0.1, 0.15) is 11.8 Å². The molecule has 0 heterocycles. The van der Waals surface area contributed by atoms with Crippen molar-refractivity contribution in [2.75, 3.05) is 32.0 Å². The normalized spacial score (nSPS) is 15.1. The minimum absolute atomic E-state index is 0.0305. The number of benzene rings is 2. The van der Waals surface area contributed by atoms with Gasteiger partial charge < -0.3 is 35.3 Å². The summed E-state index contributed by atoms with van der Waals surface area (Å²) in [5.41, 5.74) is 3.31. The van der Waals surface area contributed by atoms with E-state index in [4.69, 9.17) is 14.2 Å². The van der Waals surface area contributed by atoms with Crippen LogP contribution in [-0.4, -0.2) is 44.3 Å². The van der Waals surface area contributed by atoms with Crippen molar-refractivity contribution in [2.24, 2.45) is 5.92 Å². The molecule has 3 aromatic rings. The minimum atomic E-state index is -0.750. The molecule has 0 aromatic heterocycles. The lowest BCUT2D eigenvalue weighted by Gasteiger charge is -2.24. The van der Waals surface area contributed by atoms with Crippen LogP contribution in [0, 0.1) is 5.92 Å². The number of methoxy groups -OCH3 is 3. The van der Waals surface area contributed by atoms with Crippen LogP contribution in [0.5, 0.6) is 23.0 Å². The number of fused-ring (bicyclic) bond motifs is 3. The first kappa shape index (κ1) is 31.2. The van der Waals surface area contributed by atoms with Gasteiger partial charge in [-0.2, -0.15) is 0 Å². The summed E-state index contributed by atoms with van der Waals surface area (Å²) < 4.78 is 17.1. The molecule has 1 aliphatic carbocycles. The summed E-state index contributed by atoms with van der Waals surface area (Å²) in [5.74, 6) is 0.721. The Bertz CT molecular complexity index is 1570. The third-order valence-corrected chi connectivity index (χ3v) is 7.84. The lowest BCUT2D eigenvalue weighted by molar-refractivity contribution is -0.120. The summed E-state index contributed by atoms with van der Waals surface area (Å²) in [6.45, 7) is 5.34. The van der Waals surface area contributed by atoms with E-state index in [0.717, 1.165) is 11.1 Å². The Morgan fingerprint density at radius 1 is 1.02 bits per heavy atom. The van der Waals surface area contributed by atoms with Crippen molar-refractivity contribution in [3.05, 3.63) is 69.9 Å². The highest BCUT2D eigenvalue weighted by atomic mass is 16.5. The van der Waals surface area contributed by atoms with Crippen molar-refractivity contribution in [1.82, 2.24) is 5.32 Å². The number of nitrogens with one attached hydrogen (secondary N) is 3. The molecule has 0 aliphatic heterocycles. The van der Waals surface area contributed by atoms with Crippen LogP contribution in [0.4, 0.5) is 11.4 Å². The van der Waals surface area contributed by atoms with Gasteiger partial charge in [0.05, 0.1) is 33.1 Å². The predicted octanol–water partition coefficient (Wildman–Crippen LogP) is 5.03. The van der Waals surface area contributed by atoms with Gasteiger partial charge in [-0.3, -0.25) is 14.4 Å². The third-order valence-electron chi connectivity index (χ3n) is 7.84. The average molecular weight is 590 g/mol. The molecule has 4 rings (SSSR count). The Morgan fingerprint density at radius 2 is 1.77 bits per heavy atom. The number of carbonyl (C=O) groups excluding carboxylic acids is 2. The number of hydrogen-bond donors (Lipinski definition) is 4. The van der Waals surface area contributed by atoms with Crippen molar-refractivity contribution >= 4 is 23.2 Å². The Labute approximate surface area is 251 Å². The van der Waals surface area contributed by atoms with Crippen molar-refractivity contribution in [2.45, 2.75) is 52.1 Å².